The number of nitrogens with one attached hydrogen (secondary N) is 1. The highest BCUT2D eigenvalue weighted by atomic mass is 35.5. The van der Waals surface area contributed by atoms with Crippen LogP contribution in [0.4, 0.5) is 15.3 Å². The molecule has 2 amide bonds. The van der Waals surface area contributed by atoms with E-state index in [-0.39, 0.29) is 13.2 Å². The van der Waals surface area contributed by atoms with Gasteiger partial charge in [-0.05, 0) is 38.1 Å². The Balaban J connectivity index is 2.88. The molecule has 104 valence electrons. The third-order valence-electron chi connectivity index (χ3n) is 2.01. The van der Waals surface area contributed by atoms with Gasteiger partial charge in [0.25, 0.3) is 0 Å². The van der Waals surface area contributed by atoms with Crippen LogP contribution in [0, 0.1) is 0 Å². The highest BCUT2D eigenvalue weighted by Crippen LogP contribution is 2.17. The van der Waals surface area contributed by atoms with Gasteiger partial charge in [0.05, 0.1) is 18.9 Å². The number of hydrogen-bond acceptors (Lipinski definition) is 4. The minimum absolute atomic E-state index is 0.188. The summed E-state index contributed by atoms with van der Waals surface area (Å²) in [6.45, 7) is 3.72. The van der Waals surface area contributed by atoms with Crippen molar-refractivity contribution in [2.24, 2.45) is 0 Å². The van der Waals surface area contributed by atoms with Crippen LogP contribution < -0.4 is 10.4 Å². The van der Waals surface area contributed by atoms with Crippen molar-refractivity contribution >= 4 is 29.5 Å². The number of anilines is 1. The van der Waals surface area contributed by atoms with Crippen LogP contribution >= 0.6 is 11.6 Å². The van der Waals surface area contributed by atoms with Gasteiger partial charge < -0.3 is 9.47 Å². The zero-order valence-corrected chi connectivity index (χ0v) is 11.4. The summed E-state index contributed by atoms with van der Waals surface area (Å²) < 4.78 is 9.57. The quantitative estimate of drug-likeness (QED) is 0.868. The fourth-order valence-corrected chi connectivity index (χ4v) is 1.37. The van der Waals surface area contributed by atoms with E-state index in [2.05, 4.69) is 5.43 Å². The maximum Gasteiger partial charge on any atom is 0.433 e. The zero-order chi connectivity index (χ0) is 14.3. The summed E-state index contributed by atoms with van der Waals surface area (Å²) in [5, 5.41) is 1.47. The second kappa shape index (κ2) is 7.48. The van der Waals surface area contributed by atoms with Crippen molar-refractivity contribution in [3.63, 3.8) is 0 Å². The van der Waals surface area contributed by atoms with Gasteiger partial charge in [-0.15, -0.1) is 0 Å². The average Bonchev–Trinajstić information content (AvgIpc) is 2.38. The predicted molar refractivity (Wildman–Crippen MR) is 71.1 cm³/mol. The molecule has 0 heterocycles. The van der Waals surface area contributed by atoms with E-state index in [0.29, 0.717) is 10.7 Å². The Labute approximate surface area is 116 Å². The van der Waals surface area contributed by atoms with Crippen molar-refractivity contribution in [3.05, 3.63) is 29.3 Å². The molecule has 0 aliphatic heterocycles. The number of benzene rings is 1. The molecular weight excluding hydrogens is 272 g/mol. The summed E-state index contributed by atoms with van der Waals surface area (Å²) in [6.07, 6.45) is -1.46. The number of carbonyl (C=O) groups excluding carboxylic acids is 2. The Morgan fingerprint density at radius 1 is 1.16 bits per heavy atom. The lowest BCUT2D eigenvalue weighted by molar-refractivity contribution is 0.138. The van der Waals surface area contributed by atoms with Gasteiger partial charge in [0.1, 0.15) is 0 Å². The van der Waals surface area contributed by atoms with E-state index in [0.717, 1.165) is 5.01 Å². The minimum Gasteiger partial charge on any atom is -0.449 e. The Kier molecular flexibility index (Phi) is 5.95. The van der Waals surface area contributed by atoms with Gasteiger partial charge in [-0.3, -0.25) is 0 Å². The molecule has 0 saturated heterocycles. The summed E-state index contributed by atoms with van der Waals surface area (Å²) in [7, 11) is 0. The highest BCUT2D eigenvalue weighted by molar-refractivity contribution is 6.30. The largest absolute Gasteiger partial charge is 0.449 e. The lowest BCUT2D eigenvalue weighted by Gasteiger charge is -2.21. The highest BCUT2D eigenvalue weighted by Gasteiger charge is 2.20. The van der Waals surface area contributed by atoms with E-state index in [1.165, 1.54) is 0 Å². The molecule has 1 N–H and O–H groups in total. The Morgan fingerprint density at radius 2 is 1.74 bits per heavy atom. The first-order chi connectivity index (χ1) is 9.08. The van der Waals surface area contributed by atoms with E-state index in [1.807, 2.05) is 0 Å². The molecule has 0 aliphatic carbocycles. The number of hydrazine groups is 1. The molecule has 0 aliphatic rings. The van der Waals surface area contributed by atoms with E-state index in [1.54, 1.807) is 38.1 Å². The van der Waals surface area contributed by atoms with E-state index < -0.39 is 12.2 Å². The molecule has 0 fully saturated rings. The summed E-state index contributed by atoms with van der Waals surface area (Å²) >= 11 is 5.77. The second-order valence-corrected chi connectivity index (χ2v) is 3.78. The van der Waals surface area contributed by atoms with Crippen molar-refractivity contribution in [1.82, 2.24) is 5.43 Å². The Morgan fingerprint density at radius 3 is 2.26 bits per heavy atom. The van der Waals surface area contributed by atoms with Crippen LogP contribution in [0.5, 0.6) is 0 Å². The van der Waals surface area contributed by atoms with Gasteiger partial charge in [0, 0.05) is 5.02 Å². The maximum absolute atomic E-state index is 11.8. The summed E-state index contributed by atoms with van der Waals surface area (Å²) in [6, 6.07) is 6.34. The molecule has 0 unspecified atom stereocenters. The first-order valence-electron chi connectivity index (χ1n) is 5.74. The van der Waals surface area contributed by atoms with Crippen LogP contribution in [0.15, 0.2) is 24.3 Å². The number of halogens is 1. The Bertz CT molecular complexity index is 436. The number of carbonyl (C=O) groups is 2. The van der Waals surface area contributed by atoms with Crippen molar-refractivity contribution < 1.29 is 19.1 Å². The monoisotopic (exact) mass is 286 g/mol. The molecule has 6 nitrogen and oxygen atoms in total. The molecule has 0 atom stereocenters. The lowest BCUT2D eigenvalue weighted by atomic mass is 10.3. The SMILES string of the molecule is CCOC(=O)NN(C(=O)OCC)c1ccc(Cl)cc1. The molecule has 7 heteroatoms. The van der Waals surface area contributed by atoms with E-state index in [4.69, 9.17) is 21.1 Å². The third-order valence-corrected chi connectivity index (χ3v) is 2.27. The van der Waals surface area contributed by atoms with E-state index >= 15 is 0 Å². The van der Waals surface area contributed by atoms with Crippen LogP contribution in [0.1, 0.15) is 13.8 Å². The van der Waals surface area contributed by atoms with Gasteiger partial charge in [0.15, 0.2) is 0 Å². The summed E-state index contributed by atoms with van der Waals surface area (Å²) in [5.74, 6) is 0. The molecule has 1 aromatic rings. The number of nitrogens with zero attached hydrogens (tertiary/aromatic N) is 1. The molecule has 1 aromatic carbocycles. The van der Waals surface area contributed by atoms with Crippen LogP contribution in [-0.4, -0.2) is 25.4 Å². The van der Waals surface area contributed by atoms with Crippen LogP contribution in [-0.2, 0) is 9.47 Å². The Hall–Kier alpha value is -1.95. The molecule has 0 aromatic heterocycles. The number of ether oxygens (including phenoxy) is 2. The van der Waals surface area contributed by atoms with Gasteiger partial charge >= 0.3 is 12.2 Å². The third kappa shape index (κ3) is 4.67. The molecule has 0 bridgehead atoms. The van der Waals surface area contributed by atoms with Gasteiger partial charge in [-0.2, -0.15) is 5.01 Å². The molecular formula is C12H15ClN2O4. The van der Waals surface area contributed by atoms with Crippen molar-refractivity contribution in [1.29, 1.82) is 0 Å². The number of amides is 2. The van der Waals surface area contributed by atoms with Crippen LogP contribution in [0.2, 0.25) is 5.02 Å². The van der Waals surface area contributed by atoms with Gasteiger partial charge in [-0.25, -0.2) is 15.0 Å². The number of hydrogen-bond donors (Lipinski definition) is 1. The van der Waals surface area contributed by atoms with Crippen molar-refractivity contribution in [2.75, 3.05) is 18.2 Å². The standard InChI is InChI=1S/C12H15ClN2O4/c1-3-18-11(16)14-15(12(17)19-4-2)10-7-5-9(13)6-8-10/h5-8H,3-4H2,1-2H3,(H,14,16). The van der Waals surface area contributed by atoms with Crippen molar-refractivity contribution in [2.45, 2.75) is 13.8 Å². The first-order valence-corrected chi connectivity index (χ1v) is 6.12. The van der Waals surface area contributed by atoms with Crippen LogP contribution in [0.3, 0.4) is 0 Å². The number of rotatable bonds is 3. The fourth-order valence-electron chi connectivity index (χ4n) is 1.25. The molecule has 19 heavy (non-hydrogen) atoms. The van der Waals surface area contributed by atoms with Crippen LogP contribution in [0.25, 0.3) is 0 Å². The fraction of sp³-hybridized carbons (Fsp3) is 0.333. The predicted octanol–water partition coefficient (Wildman–Crippen LogP) is 2.96. The summed E-state index contributed by atoms with van der Waals surface area (Å²) in [4.78, 5) is 23.2. The van der Waals surface area contributed by atoms with Crippen molar-refractivity contribution in [3.8, 4) is 0 Å². The van der Waals surface area contributed by atoms with Gasteiger partial charge in [0.2, 0.25) is 0 Å². The summed E-state index contributed by atoms with van der Waals surface area (Å²) in [5.41, 5.74) is 2.71. The average molecular weight is 287 g/mol. The molecule has 1 rings (SSSR count). The molecule has 0 spiro atoms. The van der Waals surface area contributed by atoms with E-state index in [9.17, 15) is 9.59 Å². The normalized spacial score (nSPS) is 9.63. The molecule has 0 radical (unpaired) electrons. The lowest BCUT2D eigenvalue weighted by Crippen LogP contribution is -2.47. The second-order valence-electron chi connectivity index (χ2n) is 3.34. The molecule has 0 saturated carbocycles. The first kappa shape index (κ1) is 15.1. The smallest absolute Gasteiger partial charge is 0.433 e. The topological polar surface area (TPSA) is 67.9 Å². The van der Waals surface area contributed by atoms with Gasteiger partial charge in [-0.1, -0.05) is 11.6 Å². The maximum atomic E-state index is 11.8. The zero-order valence-electron chi connectivity index (χ0n) is 10.7. The minimum atomic E-state index is -0.745.